The van der Waals surface area contributed by atoms with Crippen LogP contribution in [-0.2, 0) is 12.8 Å². The lowest BCUT2D eigenvalue weighted by Gasteiger charge is -2.04. The highest BCUT2D eigenvalue weighted by Gasteiger charge is 2.07. The number of benzene rings is 1. The van der Waals surface area contributed by atoms with E-state index in [2.05, 4.69) is 15.2 Å². The third-order valence-electron chi connectivity index (χ3n) is 2.91. The largest absolute Gasteiger partial charge is 0.343 e. The molecule has 96 valence electrons. The number of pyridine rings is 1. The maximum Gasteiger partial charge on any atom is 0.343 e. The Labute approximate surface area is 113 Å². The van der Waals surface area contributed by atoms with Crippen molar-refractivity contribution in [3.05, 3.63) is 52.6 Å². The van der Waals surface area contributed by atoms with Crippen molar-refractivity contribution in [1.29, 1.82) is 0 Å². The zero-order chi connectivity index (χ0) is 13.2. The number of nitrogens with one attached hydrogen (secondary N) is 1. The van der Waals surface area contributed by atoms with Gasteiger partial charge in [0.05, 0.1) is 5.52 Å². The lowest BCUT2D eigenvalue weighted by Crippen LogP contribution is -2.12. The van der Waals surface area contributed by atoms with Crippen LogP contribution in [0.5, 0.6) is 0 Å². The van der Waals surface area contributed by atoms with Crippen LogP contribution in [0.3, 0.4) is 0 Å². The number of H-pyrrole nitrogens is 1. The molecule has 0 aliphatic rings. The van der Waals surface area contributed by atoms with Gasteiger partial charge in [-0.25, -0.2) is 9.89 Å². The number of aromatic nitrogens is 4. The highest BCUT2D eigenvalue weighted by molar-refractivity contribution is 7.98. The molecule has 1 N–H and O–H groups in total. The molecule has 0 amide bonds. The van der Waals surface area contributed by atoms with E-state index in [9.17, 15) is 4.79 Å². The van der Waals surface area contributed by atoms with E-state index in [0.29, 0.717) is 5.16 Å². The quantitative estimate of drug-likeness (QED) is 0.740. The summed E-state index contributed by atoms with van der Waals surface area (Å²) in [7, 11) is 1.70. The lowest BCUT2D eigenvalue weighted by atomic mass is 10.1. The Bertz CT molecular complexity index is 772. The summed E-state index contributed by atoms with van der Waals surface area (Å²) in [6.45, 7) is 0. The molecular formula is C13H12N4OS. The Kier molecular flexibility index (Phi) is 3.08. The van der Waals surface area contributed by atoms with Gasteiger partial charge in [0.25, 0.3) is 0 Å². The van der Waals surface area contributed by atoms with Gasteiger partial charge in [0, 0.05) is 24.4 Å². The van der Waals surface area contributed by atoms with Crippen LogP contribution < -0.4 is 5.69 Å². The predicted molar refractivity (Wildman–Crippen MR) is 75.1 cm³/mol. The fourth-order valence-corrected chi connectivity index (χ4v) is 2.79. The molecule has 0 atom stereocenters. The molecule has 5 nitrogen and oxygen atoms in total. The molecule has 0 radical (unpaired) electrons. The van der Waals surface area contributed by atoms with E-state index in [-0.39, 0.29) is 5.69 Å². The van der Waals surface area contributed by atoms with Crippen LogP contribution in [0.15, 0.2) is 46.5 Å². The summed E-state index contributed by atoms with van der Waals surface area (Å²) in [5.74, 6) is 0.729. The first-order chi connectivity index (χ1) is 9.25. The van der Waals surface area contributed by atoms with Gasteiger partial charge in [-0.05, 0) is 11.6 Å². The van der Waals surface area contributed by atoms with Crippen molar-refractivity contribution in [2.45, 2.75) is 10.9 Å². The second kappa shape index (κ2) is 4.89. The molecule has 0 saturated heterocycles. The number of hydrogen-bond acceptors (Lipinski definition) is 4. The topological polar surface area (TPSA) is 63.6 Å². The van der Waals surface area contributed by atoms with Crippen LogP contribution >= 0.6 is 11.8 Å². The van der Waals surface area contributed by atoms with Gasteiger partial charge in [0.2, 0.25) is 0 Å². The van der Waals surface area contributed by atoms with E-state index in [0.717, 1.165) is 22.2 Å². The van der Waals surface area contributed by atoms with Crippen LogP contribution in [-0.4, -0.2) is 19.7 Å². The van der Waals surface area contributed by atoms with Gasteiger partial charge in [-0.3, -0.25) is 9.55 Å². The minimum absolute atomic E-state index is 0.196. The lowest BCUT2D eigenvalue weighted by molar-refractivity contribution is 0.766. The third kappa shape index (κ3) is 2.26. The zero-order valence-corrected chi connectivity index (χ0v) is 11.1. The Morgan fingerprint density at radius 1 is 1.32 bits per heavy atom. The van der Waals surface area contributed by atoms with E-state index in [1.807, 2.05) is 30.3 Å². The second-order valence-electron chi connectivity index (χ2n) is 4.15. The van der Waals surface area contributed by atoms with Crippen LogP contribution in [0.2, 0.25) is 0 Å². The Morgan fingerprint density at radius 2 is 2.16 bits per heavy atom. The van der Waals surface area contributed by atoms with E-state index < -0.39 is 0 Å². The predicted octanol–water partition coefficient (Wildman–Crippen LogP) is 1.95. The first-order valence-electron chi connectivity index (χ1n) is 5.82. The highest BCUT2D eigenvalue weighted by atomic mass is 32.2. The molecule has 3 rings (SSSR count). The van der Waals surface area contributed by atoms with Gasteiger partial charge in [0.1, 0.15) is 0 Å². The normalized spacial score (nSPS) is 11.0. The maximum atomic E-state index is 11.3. The molecule has 1 aromatic carbocycles. The average molecular weight is 272 g/mol. The molecule has 0 aliphatic carbocycles. The standard InChI is InChI=1S/C13H12N4OS/c1-17-12(18)15-16-13(17)19-8-10-5-2-4-9-6-3-7-14-11(9)10/h2-7H,8H2,1H3,(H,15,18). The van der Waals surface area contributed by atoms with Crippen molar-refractivity contribution in [2.24, 2.45) is 7.05 Å². The Hall–Kier alpha value is -2.08. The number of rotatable bonds is 3. The van der Waals surface area contributed by atoms with E-state index in [1.54, 1.807) is 13.2 Å². The fourth-order valence-electron chi connectivity index (χ4n) is 1.89. The smallest absolute Gasteiger partial charge is 0.273 e. The number of aromatic amines is 1. The number of thioether (sulfide) groups is 1. The second-order valence-corrected chi connectivity index (χ2v) is 5.09. The summed E-state index contributed by atoms with van der Waals surface area (Å²) in [5, 5.41) is 8.21. The van der Waals surface area contributed by atoms with Crippen LogP contribution in [0.4, 0.5) is 0 Å². The summed E-state index contributed by atoms with van der Waals surface area (Å²) in [4.78, 5) is 15.7. The number of fused-ring (bicyclic) bond motifs is 1. The number of nitrogens with zero attached hydrogens (tertiary/aromatic N) is 3. The molecule has 2 heterocycles. The first-order valence-corrected chi connectivity index (χ1v) is 6.81. The minimum atomic E-state index is -0.196. The number of hydrogen-bond donors (Lipinski definition) is 1. The molecule has 0 saturated carbocycles. The van der Waals surface area contributed by atoms with E-state index in [4.69, 9.17) is 0 Å². The monoisotopic (exact) mass is 272 g/mol. The molecule has 6 heteroatoms. The van der Waals surface area contributed by atoms with Crippen molar-refractivity contribution in [2.75, 3.05) is 0 Å². The van der Waals surface area contributed by atoms with Gasteiger partial charge in [-0.1, -0.05) is 36.0 Å². The summed E-state index contributed by atoms with van der Waals surface area (Å²) < 4.78 is 1.50. The van der Waals surface area contributed by atoms with Crippen molar-refractivity contribution in [3.63, 3.8) is 0 Å². The molecular weight excluding hydrogens is 260 g/mol. The summed E-state index contributed by atoms with van der Waals surface area (Å²) in [6.07, 6.45) is 1.79. The Morgan fingerprint density at radius 3 is 2.95 bits per heavy atom. The molecule has 3 aromatic rings. The van der Waals surface area contributed by atoms with E-state index >= 15 is 0 Å². The van der Waals surface area contributed by atoms with Crippen LogP contribution in [0.1, 0.15) is 5.56 Å². The molecule has 0 spiro atoms. The molecule has 0 bridgehead atoms. The van der Waals surface area contributed by atoms with Crippen molar-refractivity contribution >= 4 is 22.7 Å². The molecule has 0 aliphatic heterocycles. The Balaban J connectivity index is 1.90. The van der Waals surface area contributed by atoms with Gasteiger partial charge in [-0.2, -0.15) is 0 Å². The fraction of sp³-hybridized carbons (Fsp3) is 0.154. The van der Waals surface area contributed by atoms with Gasteiger partial charge < -0.3 is 0 Å². The molecule has 19 heavy (non-hydrogen) atoms. The third-order valence-corrected chi connectivity index (χ3v) is 3.99. The van der Waals surface area contributed by atoms with Gasteiger partial charge in [0.15, 0.2) is 5.16 Å². The summed E-state index contributed by atoms with van der Waals surface area (Å²) in [6, 6.07) is 10.1. The minimum Gasteiger partial charge on any atom is -0.273 e. The van der Waals surface area contributed by atoms with Crippen molar-refractivity contribution in [1.82, 2.24) is 19.7 Å². The SMILES string of the molecule is Cn1c(SCc2cccc3cccnc23)n[nH]c1=O. The first kappa shape index (κ1) is 12.0. The molecule has 0 fully saturated rings. The maximum absolute atomic E-state index is 11.3. The molecule has 2 aromatic heterocycles. The van der Waals surface area contributed by atoms with Crippen LogP contribution in [0, 0.1) is 0 Å². The van der Waals surface area contributed by atoms with E-state index in [1.165, 1.54) is 16.3 Å². The summed E-state index contributed by atoms with van der Waals surface area (Å²) >= 11 is 1.52. The summed E-state index contributed by atoms with van der Waals surface area (Å²) in [5.41, 5.74) is 1.94. The van der Waals surface area contributed by atoms with Crippen molar-refractivity contribution < 1.29 is 0 Å². The molecule has 0 unspecified atom stereocenters. The number of para-hydroxylation sites is 1. The van der Waals surface area contributed by atoms with Crippen molar-refractivity contribution in [3.8, 4) is 0 Å². The van der Waals surface area contributed by atoms with Gasteiger partial charge >= 0.3 is 5.69 Å². The highest BCUT2D eigenvalue weighted by Crippen LogP contribution is 2.23. The van der Waals surface area contributed by atoms with Gasteiger partial charge in [-0.15, -0.1) is 5.10 Å². The average Bonchev–Trinajstić information content (AvgIpc) is 2.76. The zero-order valence-electron chi connectivity index (χ0n) is 10.3. The van der Waals surface area contributed by atoms with Crippen LogP contribution in [0.25, 0.3) is 10.9 Å².